The molecular weight excluding hydrogens is 608 g/mol. The highest BCUT2D eigenvalue weighted by molar-refractivity contribution is 14.1. The third kappa shape index (κ3) is 7.32. The molecule has 0 unspecified atom stereocenters. The van der Waals surface area contributed by atoms with Gasteiger partial charge in [0, 0.05) is 5.69 Å². The summed E-state index contributed by atoms with van der Waals surface area (Å²) in [7, 11) is 0. The van der Waals surface area contributed by atoms with Crippen molar-refractivity contribution in [1.82, 2.24) is 5.32 Å². The maximum Gasteiger partial charge on any atom is 0.264 e. The lowest BCUT2D eigenvalue weighted by Gasteiger charge is -2.15. The second-order valence-electron chi connectivity index (χ2n) is 7.92. The van der Waals surface area contributed by atoms with E-state index in [1.165, 1.54) is 36.0 Å². The van der Waals surface area contributed by atoms with Gasteiger partial charge >= 0.3 is 0 Å². The Morgan fingerprint density at radius 1 is 1.14 bits per heavy atom. The molecule has 3 aromatic rings. The van der Waals surface area contributed by atoms with Crippen molar-refractivity contribution in [2.75, 3.05) is 18.5 Å². The highest BCUT2D eigenvalue weighted by atomic mass is 127. The van der Waals surface area contributed by atoms with Crippen LogP contribution < -0.4 is 20.1 Å². The maximum absolute atomic E-state index is 13.1. The Labute approximate surface area is 231 Å². The molecular formula is C27H23FIN3O4S. The number of hydrogen-bond acceptors (Lipinski definition) is 6. The van der Waals surface area contributed by atoms with Crippen molar-refractivity contribution in [2.24, 2.45) is 4.99 Å². The summed E-state index contributed by atoms with van der Waals surface area (Å²) in [5.41, 5.74) is 3.10. The molecule has 0 atom stereocenters. The molecule has 190 valence electrons. The van der Waals surface area contributed by atoms with Crippen LogP contribution in [0.15, 0.2) is 70.6 Å². The first kappa shape index (κ1) is 26.7. The van der Waals surface area contributed by atoms with E-state index in [1.807, 2.05) is 44.2 Å². The highest BCUT2D eigenvalue weighted by Gasteiger charge is 2.24. The molecule has 10 heteroatoms. The predicted octanol–water partition coefficient (Wildman–Crippen LogP) is 6.05. The fourth-order valence-electron chi connectivity index (χ4n) is 3.31. The smallest absolute Gasteiger partial charge is 0.264 e. The van der Waals surface area contributed by atoms with Crippen LogP contribution in [0.2, 0.25) is 0 Å². The van der Waals surface area contributed by atoms with Gasteiger partial charge < -0.3 is 20.1 Å². The van der Waals surface area contributed by atoms with Crippen LogP contribution in [-0.4, -0.2) is 30.2 Å². The number of ether oxygens (including phenoxy) is 2. The SMILES string of the molecule is CCOc1cc(/C=C2/SC(=Nc3ccc(C)cc3)NC2=O)cc(I)c1OCC(=O)Nc1ccc(F)cc1. The van der Waals surface area contributed by atoms with Crippen LogP contribution in [0.5, 0.6) is 11.5 Å². The minimum atomic E-state index is -0.393. The number of amidine groups is 1. The van der Waals surface area contributed by atoms with Gasteiger partial charge in [-0.2, -0.15) is 0 Å². The van der Waals surface area contributed by atoms with Gasteiger partial charge in [0.2, 0.25) is 0 Å². The van der Waals surface area contributed by atoms with Crippen LogP contribution in [-0.2, 0) is 9.59 Å². The maximum atomic E-state index is 13.1. The van der Waals surface area contributed by atoms with E-state index in [9.17, 15) is 14.0 Å². The lowest BCUT2D eigenvalue weighted by Crippen LogP contribution is -2.20. The summed E-state index contributed by atoms with van der Waals surface area (Å²) in [6.07, 6.45) is 1.76. The van der Waals surface area contributed by atoms with E-state index in [2.05, 4.69) is 38.2 Å². The molecule has 0 aromatic heterocycles. The number of carbonyl (C=O) groups excluding carboxylic acids is 2. The van der Waals surface area contributed by atoms with Gasteiger partial charge in [-0.25, -0.2) is 9.38 Å². The van der Waals surface area contributed by atoms with Crippen molar-refractivity contribution in [3.8, 4) is 11.5 Å². The zero-order chi connectivity index (χ0) is 26.4. The fraction of sp³-hybridized carbons (Fsp3) is 0.148. The van der Waals surface area contributed by atoms with E-state index in [0.717, 1.165) is 16.8 Å². The molecule has 0 saturated carbocycles. The molecule has 1 fully saturated rings. The number of aryl methyl sites for hydroxylation is 1. The number of rotatable bonds is 8. The van der Waals surface area contributed by atoms with Crippen LogP contribution >= 0.6 is 34.4 Å². The number of anilines is 1. The molecule has 1 heterocycles. The Bertz CT molecular complexity index is 1380. The summed E-state index contributed by atoms with van der Waals surface area (Å²) in [5, 5.41) is 5.96. The highest BCUT2D eigenvalue weighted by Crippen LogP contribution is 2.36. The van der Waals surface area contributed by atoms with Gasteiger partial charge in [0.15, 0.2) is 23.3 Å². The zero-order valence-corrected chi connectivity index (χ0v) is 23.0. The Morgan fingerprint density at radius 2 is 1.86 bits per heavy atom. The lowest BCUT2D eigenvalue weighted by molar-refractivity contribution is -0.118. The van der Waals surface area contributed by atoms with E-state index in [4.69, 9.17) is 9.47 Å². The molecule has 1 aliphatic heterocycles. The van der Waals surface area contributed by atoms with Crippen LogP contribution in [0.1, 0.15) is 18.1 Å². The standard InChI is InChI=1S/C27H23FIN3O4S/c1-3-35-22-13-17(14-23-26(34)32-27(37-23)31-20-8-4-16(2)5-9-20)12-21(29)25(22)36-15-24(33)30-19-10-6-18(28)7-11-19/h4-14H,3,15H2,1-2H3,(H,30,33)(H,31,32,34)/b23-14+. The lowest BCUT2D eigenvalue weighted by atomic mass is 10.2. The van der Waals surface area contributed by atoms with Gasteiger partial charge in [-0.3, -0.25) is 9.59 Å². The normalized spacial score (nSPS) is 15.1. The van der Waals surface area contributed by atoms with E-state index < -0.39 is 5.91 Å². The molecule has 1 saturated heterocycles. The first-order chi connectivity index (χ1) is 17.8. The minimum absolute atomic E-state index is 0.235. The second kappa shape index (κ2) is 12.2. The van der Waals surface area contributed by atoms with Gasteiger partial charge in [0.25, 0.3) is 11.8 Å². The van der Waals surface area contributed by atoms with Gasteiger partial charge in [-0.05, 0) is 108 Å². The van der Waals surface area contributed by atoms with Crippen molar-refractivity contribution in [1.29, 1.82) is 0 Å². The van der Waals surface area contributed by atoms with Gasteiger partial charge in [0.1, 0.15) is 5.82 Å². The molecule has 7 nitrogen and oxygen atoms in total. The van der Waals surface area contributed by atoms with Crippen molar-refractivity contribution < 1.29 is 23.5 Å². The summed E-state index contributed by atoms with van der Waals surface area (Å²) < 4.78 is 25.3. The number of benzene rings is 3. The molecule has 0 bridgehead atoms. The van der Waals surface area contributed by atoms with Crippen molar-refractivity contribution in [2.45, 2.75) is 13.8 Å². The third-order valence-corrected chi connectivity index (χ3v) is 6.73. The molecule has 2 amide bonds. The number of halogens is 2. The molecule has 2 N–H and O–H groups in total. The molecule has 37 heavy (non-hydrogen) atoms. The first-order valence-electron chi connectivity index (χ1n) is 11.3. The molecule has 0 radical (unpaired) electrons. The van der Waals surface area contributed by atoms with Crippen molar-refractivity contribution in [3.63, 3.8) is 0 Å². The van der Waals surface area contributed by atoms with E-state index in [0.29, 0.717) is 37.4 Å². The quantitative estimate of drug-likeness (QED) is 0.234. The summed E-state index contributed by atoms with van der Waals surface area (Å²) in [4.78, 5) is 29.9. The topological polar surface area (TPSA) is 89.0 Å². The third-order valence-electron chi connectivity index (χ3n) is 5.02. The Hall–Kier alpha value is -3.38. The van der Waals surface area contributed by atoms with E-state index in [1.54, 1.807) is 12.1 Å². The predicted molar refractivity (Wildman–Crippen MR) is 153 cm³/mol. The van der Waals surface area contributed by atoms with Crippen LogP contribution in [0, 0.1) is 16.3 Å². The van der Waals surface area contributed by atoms with Crippen LogP contribution in [0.3, 0.4) is 0 Å². The Balaban J connectivity index is 1.48. The zero-order valence-electron chi connectivity index (χ0n) is 20.0. The Kier molecular flexibility index (Phi) is 8.82. The number of amides is 2. The molecule has 0 aliphatic carbocycles. The van der Waals surface area contributed by atoms with E-state index >= 15 is 0 Å². The number of hydrogen-bond donors (Lipinski definition) is 2. The van der Waals surface area contributed by atoms with Crippen LogP contribution in [0.4, 0.5) is 15.8 Å². The van der Waals surface area contributed by atoms with E-state index in [-0.39, 0.29) is 18.3 Å². The van der Waals surface area contributed by atoms with Crippen molar-refractivity contribution >= 4 is 68.8 Å². The van der Waals surface area contributed by atoms with Gasteiger partial charge in [-0.15, -0.1) is 0 Å². The number of carbonyl (C=O) groups is 2. The fourth-order valence-corrected chi connectivity index (χ4v) is 4.93. The van der Waals surface area contributed by atoms with Gasteiger partial charge in [-0.1, -0.05) is 17.7 Å². The monoisotopic (exact) mass is 631 g/mol. The number of aliphatic imine (C=N–C) groups is 1. The minimum Gasteiger partial charge on any atom is -0.490 e. The molecule has 4 rings (SSSR count). The summed E-state index contributed by atoms with van der Waals surface area (Å²) in [5.74, 6) is -0.141. The summed E-state index contributed by atoms with van der Waals surface area (Å²) in [6.45, 7) is 3.97. The summed E-state index contributed by atoms with van der Waals surface area (Å²) in [6, 6.07) is 16.8. The Morgan fingerprint density at radius 3 is 2.57 bits per heavy atom. The number of nitrogens with zero attached hydrogens (tertiary/aromatic N) is 1. The largest absolute Gasteiger partial charge is 0.490 e. The summed E-state index contributed by atoms with van der Waals surface area (Å²) >= 11 is 3.36. The molecule has 3 aromatic carbocycles. The molecule has 1 aliphatic rings. The molecule has 0 spiro atoms. The number of thioether (sulfide) groups is 1. The first-order valence-corrected chi connectivity index (χ1v) is 13.2. The average Bonchev–Trinajstić information content (AvgIpc) is 3.20. The van der Waals surface area contributed by atoms with Gasteiger partial charge in [0.05, 0.1) is 20.8 Å². The van der Waals surface area contributed by atoms with Crippen LogP contribution in [0.25, 0.3) is 6.08 Å². The van der Waals surface area contributed by atoms with Crippen molar-refractivity contribution in [3.05, 3.63) is 86.1 Å². The number of nitrogens with one attached hydrogen (secondary N) is 2. The second-order valence-corrected chi connectivity index (χ2v) is 10.1. The average molecular weight is 631 g/mol.